The minimum atomic E-state index is -0.266. The highest BCUT2D eigenvalue weighted by Gasteiger charge is 2.21. The monoisotopic (exact) mass is 467 g/mol. The van der Waals surface area contributed by atoms with E-state index in [4.69, 9.17) is 16.7 Å². The summed E-state index contributed by atoms with van der Waals surface area (Å²) in [6, 6.07) is 15.9. The molecule has 0 radical (unpaired) electrons. The number of carbonyl (C=O) groups excluding carboxylic acids is 1. The number of aromatic nitrogens is 1. The van der Waals surface area contributed by atoms with Crippen molar-refractivity contribution in [1.82, 2.24) is 9.88 Å². The summed E-state index contributed by atoms with van der Waals surface area (Å²) in [4.78, 5) is 24.0. The molecule has 33 heavy (non-hydrogen) atoms. The molecule has 0 saturated heterocycles. The Morgan fingerprint density at radius 2 is 1.82 bits per heavy atom. The summed E-state index contributed by atoms with van der Waals surface area (Å²) in [6.07, 6.45) is 1.99. The first-order chi connectivity index (χ1) is 15.8. The maximum atomic E-state index is 12.2. The Kier molecular flexibility index (Phi) is 8.03. The molecule has 2 aromatic carbocycles. The van der Waals surface area contributed by atoms with Crippen LogP contribution in [0.25, 0.3) is 0 Å². The molecule has 3 rings (SSSR count). The average molecular weight is 468 g/mol. The highest BCUT2D eigenvalue weighted by Crippen LogP contribution is 2.33. The second-order valence-electron chi connectivity index (χ2n) is 7.77. The smallest absolute Gasteiger partial charge is 0.251 e. The van der Waals surface area contributed by atoms with Crippen molar-refractivity contribution in [3.8, 4) is 0 Å². The Labute approximate surface area is 197 Å². The summed E-state index contributed by atoms with van der Waals surface area (Å²) in [5.74, 6) is -0.461. The van der Waals surface area contributed by atoms with Crippen LogP contribution < -0.4 is 10.9 Å². The van der Waals surface area contributed by atoms with E-state index in [1.54, 1.807) is 31.4 Å². The molecule has 0 saturated carbocycles. The van der Waals surface area contributed by atoms with Crippen LogP contribution >= 0.6 is 11.6 Å². The molecule has 3 N–H and O–H groups in total. The number of aryl methyl sites for hydroxylation is 2. The van der Waals surface area contributed by atoms with Gasteiger partial charge in [-0.25, -0.2) is 0 Å². The highest BCUT2D eigenvalue weighted by atomic mass is 35.5. The lowest BCUT2D eigenvalue weighted by Crippen LogP contribution is -2.26. The minimum Gasteiger partial charge on any atom is -0.411 e. The first kappa shape index (κ1) is 24.2. The third-order valence-electron chi connectivity index (χ3n) is 5.52. The molecule has 172 valence electrons. The first-order valence-corrected chi connectivity index (χ1v) is 10.8. The summed E-state index contributed by atoms with van der Waals surface area (Å²) in [6.45, 7) is 2.02. The number of nitrogens with one attached hydrogen (secondary N) is 1. The highest BCUT2D eigenvalue weighted by molar-refractivity contribution is 6.30. The van der Waals surface area contributed by atoms with Gasteiger partial charge in [0, 0.05) is 54.3 Å². The van der Waals surface area contributed by atoms with Gasteiger partial charge < -0.3 is 20.2 Å². The van der Waals surface area contributed by atoms with Gasteiger partial charge in [0.15, 0.2) is 0 Å². The zero-order chi connectivity index (χ0) is 24.0. The first-order valence-electron chi connectivity index (χ1n) is 10.5. The molecule has 0 bridgehead atoms. The van der Waals surface area contributed by atoms with Gasteiger partial charge in [-0.3, -0.25) is 9.59 Å². The topological polar surface area (TPSA) is 104 Å². The second-order valence-corrected chi connectivity index (χ2v) is 8.21. The third kappa shape index (κ3) is 5.88. The Bertz CT molecular complexity index is 1220. The van der Waals surface area contributed by atoms with Crippen LogP contribution in [0.3, 0.4) is 0 Å². The maximum absolute atomic E-state index is 12.2. The second kappa shape index (κ2) is 10.9. The molecule has 1 aromatic heterocycles. The van der Waals surface area contributed by atoms with Crippen LogP contribution in [0.2, 0.25) is 5.02 Å². The van der Waals surface area contributed by atoms with E-state index in [9.17, 15) is 14.8 Å². The SMILES string of the molecule is Cc1cc(Cl)ccc1C(C/C(=N\O)c1ccc(=O)n(C)c1)c1ccc(C(=O)NCCO)cc1. The van der Waals surface area contributed by atoms with Crippen LogP contribution in [0, 0.1) is 6.92 Å². The zero-order valence-electron chi connectivity index (χ0n) is 18.5. The lowest BCUT2D eigenvalue weighted by molar-refractivity contribution is 0.0944. The normalized spacial score (nSPS) is 12.4. The van der Waals surface area contributed by atoms with E-state index in [2.05, 4.69) is 10.5 Å². The predicted molar refractivity (Wildman–Crippen MR) is 129 cm³/mol. The molecule has 0 aliphatic rings. The van der Waals surface area contributed by atoms with Gasteiger partial charge in [0.2, 0.25) is 5.56 Å². The fourth-order valence-corrected chi connectivity index (χ4v) is 3.98. The van der Waals surface area contributed by atoms with Crippen molar-refractivity contribution >= 4 is 23.2 Å². The van der Waals surface area contributed by atoms with Crippen LogP contribution in [0.5, 0.6) is 0 Å². The van der Waals surface area contributed by atoms with Gasteiger partial charge >= 0.3 is 0 Å². The Balaban J connectivity index is 2.00. The maximum Gasteiger partial charge on any atom is 0.251 e. The fourth-order valence-electron chi connectivity index (χ4n) is 3.75. The van der Waals surface area contributed by atoms with Crippen molar-refractivity contribution < 1.29 is 15.1 Å². The quantitative estimate of drug-likeness (QED) is 0.268. The molecular weight excluding hydrogens is 442 g/mol. The van der Waals surface area contributed by atoms with Gasteiger partial charge in [0.1, 0.15) is 0 Å². The number of pyridine rings is 1. The number of benzene rings is 2. The summed E-state index contributed by atoms with van der Waals surface area (Å²) < 4.78 is 1.43. The van der Waals surface area contributed by atoms with Crippen LogP contribution in [-0.2, 0) is 7.05 Å². The standard InChI is InChI=1S/C25H26ClN3O4/c1-16-13-20(26)8-9-21(16)22(14-23(28-33)19-7-10-24(31)29(2)15-19)17-3-5-18(6-4-17)25(32)27-11-12-30/h3-10,13,15,22,30,33H,11-12,14H2,1-2H3,(H,27,32)/b28-23+. The van der Waals surface area contributed by atoms with Gasteiger partial charge in [0.25, 0.3) is 5.91 Å². The molecule has 3 aromatic rings. The molecular formula is C25H26ClN3O4. The Morgan fingerprint density at radius 1 is 1.12 bits per heavy atom. The summed E-state index contributed by atoms with van der Waals surface area (Å²) in [7, 11) is 1.64. The van der Waals surface area contributed by atoms with E-state index in [1.165, 1.54) is 10.6 Å². The number of carbonyl (C=O) groups is 1. The predicted octanol–water partition coefficient (Wildman–Crippen LogP) is 3.47. The van der Waals surface area contributed by atoms with E-state index >= 15 is 0 Å². The van der Waals surface area contributed by atoms with E-state index < -0.39 is 0 Å². The number of rotatable bonds is 8. The Morgan fingerprint density at radius 3 is 2.42 bits per heavy atom. The zero-order valence-corrected chi connectivity index (χ0v) is 19.2. The van der Waals surface area contributed by atoms with Gasteiger partial charge in [0.05, 0.1) is 12.3 Å². The van der Waals surface area contributed by atoms with Gasteiger partial charge in [-0.15, -0.1) is 0 Å². The number of oxime groups is 1. The van der Waals surface area contributed by atoms with Crippen molar-refractivity contribution in [1.29, 1.82) is 0 Å². The molecule has 1 heterocycles. The number of aliphatic hydroxyl groups excluding tert-OH is 1. The van der Waals surface area contributed by atoms with Crippen LogP contribution in [0.1, 0.15) is 45.0 Å². The minimum absolute atomic E-state index is 0.129. The summed E-state index contributed by atoms with van der Waals surface area (Å²) in [5, 5.41) is 25.5. The Hall–Kier alpha value is -3.42. The molecule has 0 spiro atoms. The van der Waals surface area contributed by atoms with E-state index in [0.717, 1.165) is 16.7 Å². The van der Waals surface area contributed by atoms with Crippen LogP contribution in [-0.4, -0.2) is 39.7 Å². The molecule has 1 atom stereocenters. The van der Waals surface area contributed by atoms with Gasteiger partial charge in [-0.2, -0.15) is 0 Å². The number of aliphatic hydroxyl groups is 1. The molecule has 1 amide bonds. The van der Waals surface area contributed by atoms with Crippen LogP contribution in [0.4, 0.5) is 0 Å². The van der Waals surface area contributed by atoms with Crippen LogP contribution in [0.15, 0.2) is 70.7 Å². The third-order valence-corrected chi connectivity index (χ3v) is 5.75. The van der Waals surface area contributed by atoms with E-state index in [1.807, 2.05) is 37.3 Å². The summed E-state index contributed by atoms with van der Waals surface area (Å²) in [5.41, 5.74) is 4.29. The average Bonchev–Trinajstić information content (AvgIpc) is 2.81. The number of halogens is 1. The van der Waals surface area contributed by atoms with Crippen molar-refractivity contribution in [2.45, 2.75) is 19.3 Å². The molecule has 0 aliphatic carbocycles. The van der Waals surface area contributed by atoms with E-state index in [-0.39, 0.29) is 30.5 Å². The van der Waals surface area contributed by atoms with Gasteiger partial charge in [-0.1, -0.05) is 35.0 Å². The van der Waals surface area contributed by atoms with Crippen molar-refractivity contribution in [3.63, 3.8) is 0 Å². The molecule has 1 unspecified atom stereocenters. The number of nitrogens with zero attached hydrogens (tertiary/aromatic N) is 2. The largest absolute Gasteiger partial charge is 0.411 e. The number of hydrogen-bond acceptors (Lipinski definition) is 5. The molecule has 7 nitrogen and oxygen atoms in total. The molecule has 8 heteroatoms. The lowest BCUT2D eigenvalue weighted by Gasteiger charge is -2.21. The number of amides is 1. The van der Waals surface area contributed by atoms with Gasteiger partial charge in [-0.05, 0) is 53.9 Å². The van der Waals surface area contributed by atoms with E-state index in [0.29, 0.717) is 28.3 Å². The van der Waals surface area contributed by atoms with Crippen molar-refractivity contribution in [2.75, 3.05) is 13.2 Å². The summed E-state index contributed by atoms with van der Waals surface area (Å²) >= 11 is 6.17. The number of hydrogen-bond donors (Lipinski definition) is 3. The van der Waals surface area contributed by atoms with Crippen molar-refractivity contribution in [2.24, 2.45) is 12.2 Å². The molecule has 0 aliphatic heterocycles. The van der Waals surface area contributed by atoms with Crippen molar-refractivity contribution in [3.05, 3.63) is 104 Å². The molecule has 0 fully saturated rings. The fraction of sp³-hybridized carbons (Fsp3) is 0.240. The lowest BCUT2D eigenvalue weighted by atomic mass is 9.83.